The Bertz CT molecular complexity index is 1150. The molecule has 2 N–H and O–H groups in total. The van der Waals surface area contributed by atoms with E-state index in [-0.39, 0.29) is 6.04 Å². The highest BCUT2D eigenvalue weighted by Crippen LogP contribution is 2.31. The maximum Gasteiger partial charge on any atom is 0.209 e. The fraction of sp³-hybridized carbons (Fsp3) is 0.583. The lowest BCUT2D eigenvalue weighted by Crippen LogP contribution is -2.32. The number of rotatable bonds is 5. The maximum absolute atomic E-state index is 10.9. The van der Waals surface area contributed by atoms with E-state index in [1.54, 1.807) is 6.33 Å². The van der Waals surface area contributed by atoms with Gasteiger partial charge in [-0.2, -0.15) is 0 Å². The van der Waals surface area contributed by atoms with Crippen molar-refractivity contribution in [2.75, 3.05) is 5.32 Å². The highest BCUT2D eigenvalue weighted by Gasteiger charge is 2.30. The molecule has 0 saturated heterocycles. The summed E-state index contributed by atoms with van der Waals surface area (Å²) in [5, 5.41) is 18.4. The summed E-state index contributed by atoms with van der Waals surface area (Å²) < 4.78 is 7.28. The maximum atomic E-state index is 10.9. The Morgan fingerprint density at radius 3 is 2.88 bits per heavy atom. The SMILES string of the molecule is CC[C@H](C)Nc1nc(C#C[C@]2(O)CCC[C@@H](C)C2)nc2c1ncn2Cc1c(C)noc1C. The number of hydrogen-bond donors (Lipinski definition) is 2. The van der Waals surface area contributed by atoms with Crippen LogP contribution in [0.2, 0.25) is 0 Å². The smallest absolute Gasteiger partial charge is 0.209 e. The molecule has 1 fully saturated rings. The zero-order valence-electron chi connectivity index (χ0n) is 19.6. The van der Waals surface area contributed by atoms with Gasteiger partial charge >= 0.3 is 0 Å². The number of imidazole rings is 1. The van der Waals surface area contributed by atoms with Crippen LogP contribution in [0, 0.1) is 31.6 Å². The van der Waals surface area contributed by atoms with E-state index in [0.29, 0.717) is 48.1 Å². The number of fused-ring (bicyclic) bond motifs is 1. The van der Waals surface area contributed by atoms with E-state index < -0.39 is 5.60 Å². The minimum absolute atomic E-state index is 0.227. The number of anilines is 1. The van der Waals surface area contributed by atoms with Gasteiger partial charge < -0.3 is 19.5 Å². The Kier molecular flexibility index (Phi) is 6.20. The summed E-state index contributed by atoms with van der Waals surface area (Å²) in [6, 6.07) is 0.227. The highest BCUT2D eigenvalue weighted by molar-refractivity contribution is 5.83. The molecule has 170 valence electrons. The molecular formula is C24H32N6O2. The van der Waals surface area contributed by atoms with E-state index in [2.05, 4.69) is 53.1 Å². The molecule has 8 heteroatoms. The Balaban J connectivity index is 1.75. The van der Waals surface area contributed by atoms with Crippen LogP contribution in [0.15, 0.2) is 10.9 Å². The van der Waals surface area contributed by atoms with Gasteiger partial charge in [-0.3, -0.25) is 0 Å². The van der Waals surface area contributed by atoms with Gasteiger partial charge in [-0.1, -0.05) is 31.3 Å². The number of nitrogens with zero attached hydrogens (tertiary/aromatic N) is 5. The van der Waals surface area contributed by atoms with Gasteiger partial charge in [0.05, 0.1) is 18.6 Å². The minimum atomic E-state index is -0.975. The van der Waals surface area contributed by atoms with E-state index >= 15 is 0 Å². The van der Waals surface area contributed by atoms with Gasteiger partial charge in [-0.25, -0.2) is 15.0 Å². The van der Waals surface area contributed by atoms with Crippen LogP contribution < -0.4 is 5.32 Å². The molecule has 3 aromatic rings. The predicted molar refractivity (Wildman–Crippen MR) is 123 cm³/mol. The lowest BCUT2D eigenvalue weighted by atomic mass is 9.79. The van der Waals surface area contributed by atoms with Crippen LogP contribution in [0.4, 0.5) is 5.82 Å². The quantitative estimate of drug-likeness (QED) is 0.583. The van der Waals surface area contributed by atoms with E-state index in [0.717, 1.165) is 36.3 Å². The molecule has 0 unspecified atom stereocenters. The summed E-state index contributed by atoms with van der Waals surface area (Å²) in [6.07, 6.45) is 6.21. The van der Waals surface area contributed by atoms with Crippen molar-refractivity contribution in [1.29, 1.82) is 0 Å². The van der Waals surface area contributed by atoms with Crippen molar-refractivity contribution < 1.29 is 9.63 Å². The van der Waals surface area contributed by atoms with Gasteiger partial charge in [0, 0.05) is 11.6 Å². The zero-order chi connectivity index (χ0) is 22.9. The normalized spacial score (nSPS) is 21.9. The average molecular weight is 437 g/mol. The molecule has 0 radical (unpaired) electrons. The van der Waals surface area contributed by atoms with Crippen molar-refractivity contribution in [3.8, 4) is 11.8 Å². The summed E-state index contributed by atoms with van der Waals surface area (Å²) >= 11 is 0. The van der Waals surface area contributed by atoms with Gasteiger partial charge in [0.15, 0.2) is 17.0 Å². The second-order valence-corrected chi connectivity index (χ2v) is 9.18. The molecule has 1 saturated carbocycles. The Labute approximate surface area is 188 Å². The summed E-state index contributed by atoms with van der Waals surface area (Å²) in [7, 11) is 0. The summed E-state index contributed by atoms with van der Waals surface area (Å²) in [5.41, 5.74) is 2.28. The number of aryl methyl sites for hydroxylation is 2. The van der Waals surface area contributed by atoms with E-state index in [4.69, 9.17) is 9.51 Å². The van der Waals surface area contributed by atoms with Crippen molar-refractivity contribution in [3.05, 3.63) is 29.2 Å². The number of aliphatic hydroxyl groups is 1. The number of aromatic nitrogens is 5. The third kappa shape index (κ3) is 4.63. The first-order valence-corrected chi connectivity index (χ1v) is 11.4. The van der Waals surface area contributed by atoms with E-state index in [1.807, 2.05) is 18.4 Å². The van der Waals surface area contributed by atoms with Gasteiger partial charge in [0.2, 0.25) is 5.82 Å². The summed E-state index contributed by atoms with van der Waals surface area (Å²) in [4.78, 5) is 14.0. The van der Waals surface area contributed by atoms with Gasteiger partial charge in [0.1, 0.15) is 11.4 Å². The number of hydrogen-bond acceptors (Lipinski definition) is 7. The van der Waals surface area contributed by atoms with Crippen LogP contribution in [0.25, 0.3) is 11.2 Å². The molecule has 1 aliphatic rings. The molecule has 0 bridgehead atoms. The molecule has 0 spiro atoms. The third-order valence-electron chi connectivity index (χ3n) is 6.35. The first-order valence-electron chi connectivity index (χ1n) is 11.4. The second kappa shape index (κ2) is 8.91. The molecule has 32 heavy (non-hydrogen) atoms. The number of nitrogens with one attached hydrogen (secondary N) is 1. The first-order chi connectivity index (χ1) is 15.3. The standard InChI is InChI=1S/C24H32N6O2/c1-6-16(3)26-22-21-23(30(14-25-21)13-19-17(4)29-32-18(19)5)28-20(27-22)9-11-24(31)10-7-8-15(2)12-24/h14-16,31H,6-8,10,12-13H2,1-5H3,(H,26,27,28)/t15-,16+,24-/m1/s1. The molecule has 0 aliphatic heterocycles. The summed E-state index contributed by atoms with van der Waals surface area (Å²) in [5.74, 6) is 8.43. The van der Waals surface area contributed by atoms with Gasteiger partial charge in [0.25, 0.3) is 0 Å². The van der Waals surface area contributed by atoms with Crippen molar-refractivity contribution in [1.82, 2.24) is 24.7 Å². The van der Waals surface area contributed by atoms with E-state index in [1.165, 1.54) is 0 Å². The third-order valence-corrected chi connectivity index (χ3v) is 6.35. The molecule has 1 aliphatic carbocycles. The molecule has 8 nitrogen and oxygen atoms in total. The fourth-order valence-electron chi connectivity index (χ4n) is 4.26. The lowest BCUT2D eigenvalue weighted by Gasteiger charge is -2.30. The van der Waals surface area contributed by atoms with Crippen molar-refractivity contribution in [2.24, 2.45) is 5.92 Å². The predicted octanol–water partition coefficient (Wildman–Crippen LogP) is 3.98. The van der Waals surface area contributed by atoms with Crippen molar-refractivity contribution in [3.63, 3.8) is 0 Å². The van der Waals surface area contributed by atoms with Crippen LogP contribution in [0.5, 0.6) is 0 Å². The molecule has 3 heterocycles. The van der Waals surface area contributed by atoms with Crippen LogP contribution >= 0.6 is 0 Å². The van der Waals surface area contributed by atoms with Crippen LogP contribution in [-0.4, -0.2) is 41.4 Å². The monoisotopic (exact) mass is 436 g/mol. The Hall–Kier alpha value is -2.92. The van der Waals surface area contributed by atoms with Crippen LogP contribution in [0.1, 0.15) is 75.7 Å². The largest absolute Gasteiger partial charge is 0.378 e. The molecule has 3 atom stereocenters. The molecule has 0 aromatic carbocycles. The Morgan fingerprint density at radius 1 is 1.38 bits per heavy atom. The van der Waals surface area contributed by atoms with Gasteiger partial charge in [-0.15, -0.1) is 0 Å². The highest BCUT2D eigenvalue weighted by atomic mass is 16.5. The fourth-order valence-corrected chi connectivity index (χ4v) is 4.26. The Morgan fingerprint density at radius 2 is 2.19 bits per heavy atom. The topological polar surface area (TPSA) is 102 Å². The first kappa shape index (κ1) is 22.3. The zero-order valence-corrected chi connectivity index (χ0v) is 19.6. The van der Waals surface area contributed by atoms with Crippen LogP contribution in [0.3, 0.4) is 0 Å². The molecular weight excluding hydrogens is 404 g/mol. The van der Waals surface area contributed by atoms with E-state index in [9.17, 15) is 5.11 Å². The van der Waals surface area contributed by atoms with Crippen LogP contribution in [-0.2, 0) is 6.54 Å². The van der Waals surface area contributed by atoms with Gasteiger partial charge in [-0.05, 0) is 58.3 Å². The molecule has 3 aromatic heterocycles. The molecule has 0 amide bonds. The molecule has 4 rings (SSSR count). The lowest BCUT2D eigenvalue weighted by molar-refractivity contribution is 0.0410. The summed E-state index contributed by atoms with van der Waals surface area (Å²) in [6.45, 7) is 10.8. The second-order valence-electron chi connectivity index (χ2n) is 9.18. The minimum Gasteiger partial charge on any atom is -0.378 e. The van der Waals surface area contributed by atoms with Crippen molar-refractivity contribution >= 4 is 17.0 Å². The van der Waals surface area contributed by atoms with Crippen molar-refractivity contribution in [2.45, 2.75) is 84.9 Å². The average Bonchev–Trinajstić information content (AvgIpc) is 3.30.